The lowest BCUT2D eigenvalue weighted by atomic mass is 10.0. The molecule has 1 aromatic heterocycles. The van der Waals surface area contributed by atoms with Gasteiger partial charge in [-0.15, -0.1) is 0 Å². The molecule has 2 amide bonds. The average Bonchev–Trinajstić information content (AvgIpc) is 2.88. The molecule has 1 aromatic rings. The summed E-state index contributed by atoms with van der Waals surface area (Å²) in [5.41, 5.74) is -0.269. The Labute approximate surface area is 113 Å². The van der Waals surface area contributed by atoms with Crippen molar-refractivity contribution in [3.63, 3.8) is 0 Å². The van der Waals surface area contributed by atoms with E-state index < -0.39 is 0 Å². The van der Waals surface area contributed by atoms with E-state index in [4.69, 9.17) is 4.42 Å². The Morgan fingerprint density at radius 3 is 2.84 bits per heavy atom. The summed E-state index contributed by atoms with van der Waals surface area (Å²) >= 11 is 0. The zero-order chi connectivity index (χ0) is 14.0. The van der Waals surface area contributed by atoms with E-state index in [1.807, 2.05) is 26.8 Å². The molecule has 1 unspecified atom stereocenters. The largest absolute Gasteiger partial charge is 0.467 e. The summed E-state index contributed by atoms with van der Waals surface area (Å²) in [7, 11) is 0. The smallest absolute Gasteiger partial charge is 0.225 e. The van der Waals surface area contributed by atoms with Gasteiger partial charge in [0, 0.05) is 18.5 Å². The number of furan rings is 1. The molecule has 1 atom stereocenters. The number of amides is 2. The molecule has 0 aromatic carbocycles. The summed E-state index contributed by atoms with van der Waals surface area (Å²) in [6.07, 6.45) is 1.86. The predicted molar refractivity (Wildman–Crippen MR) is 70.1 cm³/mol. The highest BCUT2D eigenvalue weighted by Crippen LogP contribution is 2.21. The molecule has 0 radical (unpaired) electrons. The van der Waals surface area contributed by atoms with Gasteiger partial charge in [0.25, 0.3) is 0 Å². The Kier molecular flexibility index (Phi) is 3.64. The fraction of sp³-hybridized carbons (Fsp3) is 0.571. The first-order valence-corrected chi connectivity index (χ1v) is 6.47. The second-order valence-electron chi connectivity index (χ2n) is 5.99. The molecular weight excluding hydrogens is 244 g/mol. The summed E-state index contributed by atoms with van der Waals surface area (Å²) in [5, 5.41) is 2.92. The van der Waals surface area contributed by atoms with Gasteiger partial charge < -0.3 is 14.6 Å². The maximum absolute atomic E-state index is 12.0. The third-order valence-electron chi connectivity index (χ3n) is 3.01. The molecule has 1 aliphatic heterocycles. The topological polar surface area (TPSA) is 62.6 Å². The minimum absolute atomic E-state index is 0.00505. The van der Waals surface area contributed by atoms with Crippen LogP contribution in [-0.2, 0) is 16.1 Å². The lowest BCUT2D eigenvalue weighted by molar-refractivity contribution is -0.129. The average molecular weight is 264 g/mol. The van der Waals surface area contributed by atoms with Crippen LogP contribution in [0.15, 0.2) is 22.8 Å². The zero-order valence-corrected chi connectivity index (χ0v) is 11.6. The van der Waals surface area contributed by atoms with Crippen LogP contribution in [0.1, 0.15) is 33.0 Å². The second-order valence-corrected chi connectivity index (χ2v) is 5.99. The molecule has 1 N–H and O–H groups in total. The van der Waals surface area contributed by atoms with Crippen molar-refractivity contribution in [2.45, 2.75) is 39.3 Å². The third-order valence-corrected chi connectivity index (χ3v) is 3.01. The molecule has 5 heteroatoms. The van der Waals surface area contributed by atoms with Crippen LogP contribution in [0.3, 0.4) is 0 Å². The van der Waals surface area contributed by atoms with Gasteiger partial charge in [-0.3, -0.25) is 9.59 Å². The van der Waals surface area contributed by atoms with Crippen LogP contribution in [0.5, 0.6) is 0 Å². The van der Waals surface area contributed by atoms with Crippen LogP contribution < -0.4 is 5.32 Å². The Bertz CT molecular complexity index is 460. The summed E-state index contributed by atoms with van der Waals surface area (Å²) < 4.78 is 5.23. The number of carbonyl (C=O) groups excluding carboxylic acids is 2. The van der Waals surface area contributed by atoms with Gasteiger partial charge in [0.15, 0.2) is 0 Å². The van der Waals surface area contributed by atoms with Crippen LogP contribution in [-0.4, -0.2) is 28.8 Å². The van der Waals surface area contributed by atoms with Gasteiger partial charge in [-0.1, -0.05) is 0 Å². The standard InChI is InChI=1S/C14H20N2O3/c1-14(2,3)15-13(18)10-7-12(17)16(8-10)9-11-5-4-6-19-11/h4-6,10H,7-9H2,1-3H3,(H,15,18). The minimum atomic E-state index is -0.269. The van der Waals surface area contributed by atoms with E-state index in [-0.39, 0.29) is 29.7 Å². The number of rotatable bonds is 3. The molecule has 1 aliphatic rings. The molecule has 5 nitrogen and oxygen atoms in total. The van der Waals surface area contributed by atoms with E-state index in [1.165, 1.54) is 0 Å². The quantitative estimate of drug-likeness (QED) is 0.900. The maximum atomic E-state index is 12.0. The Morgan fingerprint density at radius 1 is 1.53 bits per heavy atom. The highest BCUT2D eigenvalue weighted by Gasteiger charge is 2.35. The van der Waals surface area contributed by atoms with E-state index in [0.717, 1.165) is 5.76 Å². The molecule has 1 saturated heterocycles. The molecule has 0 bridgehead atoms. The number of likely N-dealkylation sites (tertiary alicyclic amines) is 1. The minimum Gasteiger partial charge on any atom is -0.467 e. The monoisotopic (exact) mass is 264 g/mol. The Balaban J connectivity index is 1.93. The molecule has 2 rings (SSSR count). The van der Waals surface area contributed by atoms with Gasteiger partial charge in [-0.05, 0) is 32.9 Å². The van der Waals surface area contributed by atoms with Gasteiger partial charge in [-0.25, -0.2) is 0 Å². The highest BCUT2D eigenvalue weighted by atomic mass is 16.3. The van der Waals surface area contributed by atoms with Crippen LogP contribution in [0.25, 0.3) is 0 Å². The van der Waals surface area contributed by atoms with Crippen molar-refractivity contribution in [2.75, 3.05) is 6.54 Å². The van der Waals surface area contributed by atoms with E-state index >= 15 is 0 Å². The van der Waals surface area contributed by atoms with E-state index in [2.05, 4.69) is 5.32 Å². The lowest BCUT2D eigenvalue weighted by Gasteiger charge is -2.23. The van der Waals surface area contributed by atoms with Crippen molar-refractivity contribution in [1.29, 1.82) is 0 Å². The number of hydrogen-bond acceptors (Lipinski definition) is 3. The van der Waals surface area contributed by atoms with Crippen molar-refractivity contribution >= 4 is 11.8 Å². The summed E-state index contributed by atoms with van der Waals surface area (Å²) in [6, 6.07) is 3.62. The number of carbonyl (C=O) groups is 2. The first-order valence-electron chi connectivity index (χ1n) is 6.47. The molecule has 1 fully saturated rings. The molecule has 0 spiro atoms. The van der Waals surface area contributed by atoms with Gasteiger partial charge in [0.05, 0.1) is 18.7 Å². The summed E-state index contributed by atoms with van der Waals surface area (Å²) in [5.74, 6) is 0.431. The highest BCUT2D eigenvalue weighted by molar-refractivity contribution is 5.89. The van der Waals surface area contributed by atoms with Crippen molar-refractivity contribution in [3.05, 3.63) is 24.2 Å². The van der Waals surface area contributed by atoms with Crippen LogP contribution in [0.4, 0.5) is 0 Å². The zero-order valence-electron chi connectivity index (χ0n) is 11.6. The molecule has 2 heterocycles. The van der Waals surface area contributed by atoms with E-state index in [0.29, 0.717) is 13.1 Å². The van der Waals surface area contributed by atoms with Crippen LogP contribution in [0, 0.1) is 5.92 Å². The molecule has 19 heavy (non-hydrogen) atoms. The summed E-state index contributed by atoms with van der Waals surface area (Å²) in [6.45, 7) is 6.69. The fourth-order valence-corrected chi connectivity index (χ4v) is 2.16. The maximum Gasteiger partial charge on any atom is 0.225 e. The number of nitrogens with one attached hydrogen (secondary N) is 1. The van der Waals surface area contributed by atoms with Crippen molar-refractivity contribution < 1.29 is 14.0 Å². The van der Waals surface area contributed by atoms with Crippen LogP contribution >= 0.6 is 0 Å². The lowest BCUT2D eigenvalue weighted by Crippen LogP contribution is -2.44. The normalized spacial score (nSPS) is 19.8. The van der Waals surface area contributed by atoms with Crippen LogP contribution in [0.2, 0.25) is 0 Å². The third kappa shape index (κ3) is 3.59. The molecule has 0 saturated carbocycles. The fourth-order valence-electron chi connectivity index (χ4n) is 2.16. The first kappa shape index (κ1) is 13.6. The van der Waals surface area contributed by atoms with Crippen molar-refractivity contribution in [2.24, 2.45) is 5.92 Å². The Hall–Kier alpha value is -1.78. The first-order chi connectivity index (χ1) is 8.85. The summed E-state index contributed by atoms with van der Waals surface area (Å²) in [4.78, 5) is 25.6. The van der Waals surface area contributed by atoms with Gasteiger partial charge in [0.1, 0.15) is 5.76 Å². The predicted octanol–water partition coefficient (Wildman–Crippen LogP) is 1.54. The van der Waals surface area contributed by atoms with Gasteiger partial charge in [0.2, 0.25) is 11.8 Å². The van der Waals surface area contributed by atoms with Gasteiger partial charge >= 0.3 is 0 Å². The molecular formula is C14H20N2O3. The van der Waals surface area contributed by atoms with E-state index in [9.17, 15) is 9.59 Å². The molecule has 104 valence electrons. The molecule has 0 aliphatic carbocycles. The van der Waals surface area contributed by atoms with Crippen molar-refractivity contribution in [3.8, 4) is 0 Å². The number of hydrogen-bond donors (Lipinski definition) is 1. The van der Waals surface area contributed by atoms with Crippen molar-refractivity contribution in [1.82, 2.24) is 10.2 Å². The van der Waals surface area contributed by atoms with E-state index in [1.54, 1.807) is 17.2 Å². The Morgan fingerprint density at radius 2 is 2.26 bits per heavy atom. The SMILES string of the molecule is CC(C)(C)NC(=O)C1CC(=O)N(Cc2ccco2)C1. The number of nitrogens with zero attached hydrogens (tertiary/aromatic N) is 1. The second kappa shape index (κ2) is 5.07. The van der Waals surface area contributed by atoms with Gasteiger partial charge in [-0.2, -0.15) is 0 Å².